The molecule has 24 heavy (non-hydrogen) atoms. The average molecular weight is 348 g/mol. The number of imide groups is 1. The fourth-order valence-electron chi connectivity index (χ4n) is 3.75. The summed E-state index contributed by atoms with van der Waals surface area (Å²) < 4.78 is 0. The van der Waals surface area contributed by atoms with Crippen LogP contribution in [0.2, 0.25) is 0 Å². The molecule has 0 N–H and O–H groups in total. The van der Waals surface area contributed by atoms with Crippen LogP contribution in [0.15, 0.2) is 0 Å². The van der Waals surface area contributed by atoms with E-state index < -0.39 is 5.54 Å². The highest BCUT2D eigenvalue weighted by Crippen LogP contribution is 2.41. The minimum absolute atomic E-state index is 0.0522. The Kier molecular flexibility index (Phi) is 4.06. The summed E-state index contributed by atoms with van der Waals surface area (Å²) in [6.07, 6.45) is 1.57. The number of hydrogen-bond donors (Lipinski definition) is 0. The Morgan fingerprint density at radius 2 is 1.92 bits per heavy atom. The number of piperidine rings is 1. The van der Waals surface area contributed by atoms with Gasteiger partial charge in [-0.2, -0.15) is 0 Å². The van der Waals surface area contributed by atoms with Crippen LogP contribution in [-0.2, 0) is 22.6 Å². The number of nitrogens with zero attached hydrogens (tertiary/aromatic N) is 2. The van der Waals surface area contributed by atoms with Crippen molar-refractivity contribution in [3.63, 3.8) is 0 Å². The highest BCUT2D eigenvalue weighted by Gasteiger charge is 2.51. The Labute approximate surface area is 146 Å². The number of fused-ring (bicyclic) bond motifs is 1. The van der Waals surface area contributed by atoms with E-state index in [0.717, 1.165) is 22.4 Å². The van der Waals surface area contributed by atoms with Gasteiger partial charge in [0.2, 0.25) is 5.91 Å². The zero-order chi connectivity index (χ0) is 17.8. The summed E-state index contributed by atoms with van der Waals surface area (Å²) in [6, 6.07) is 0. The number of carbonyl (C=O) groups is 3. The van der Waals surface area contributed by atoms with Gasteiger partial charge < -0.3 is 4.90 Å². The third-order valence-corrected chi connectivity index (χ3v) is 6.35. The van der Waals surface area contributed by atoms with Gasteiger partial charge in [-0.25, -0.2) is 0 Å². The molecule has 0 bridgehead atoms. The van der Waals surface area contributed by atoms with E-state index in [4.69, 9.17) is 0 Å². The topological polar surface area (TPSA) is 57.7 Å². The van der Waals surface area contributed by atoms with Crippen molar-refractivity contribution < 1.29 is 14.4 Å². The van der Waals surface area contributed by atoms with Crippen LogP contribution in [0.5, 0.6) is 0 Å². The highest BCUT2D eigenvalue weighted by molar-refractivity contribution is 7.12. The number of carbonyl (C=O) groups excluding carboxylic acids is 3. The molecule has 0 aliphatic carbocycles. The van der Waals surface area contributed by atoms with Crippen molar-refractivity contribution in [3.8, 4) is 0 Å². The summed E-state index contributed by atoms with van der Waals surface area (Å²) in [5.74, 6) is -0.0249. The van der Waals surface area contributed by atoms with Crippen molar-refractivity contribution in [1.29, 1.82) is 0 Å². The van der Waals surface area contributed by atoms with E-state index in [1.54, 1.807) is 23.2 Å². The van der Waals surface area contributed by atoms with Crippen LogP contribution >= 0.6 is 11.3 Å². The standard InChI is InChI=1S/C18H24N2O3S/c1-10(2)8-12-11(3)24-13-9-20(16(22)15(12)13)18(4)7-6-14(21)19(5)17(18)23/h10H,6-9H2,1-5H3. The van der Waals surface area contributed by atoms with E-state index in [1.807, 2.05) is 0 Å². The summed E-state index contributed by atoms with van der Waals surface area (Å²) in [5.41, 5.74) is 1.01. The molecule has 2 aliphatic rings. The normalized spacial score (nSPS) is 24.3. The smallest absolute Gasteiger partial charge is 0.256 e. The third-order valence-electron chi connectivity index (χ3n) is 5.22. The Morgan fingerprint density at radius 1 is 1.25 bits per heavy atom. The first-order chi connectivity index (χ1) is 11.2. The number of rotatable bonds is 3. The number of amides is 3. The van der Waals surface area contributed by atoms with Crippen LogP contribution in [0, 0.1) is 12.8 Å². The average Bonchev–Trinajstić information content (AvgIpc) is 2.99. The lowest BCUT2D eigenvalue weighted by Crippen LogP contribution is -2.61. The molecule has 0 saturated carbocycles. The SMILES string of the molecule is Cc1sc2c(c1CC(C)C)C(=O)N(C1(C)CCC(=O)N(C)C1=O)C2. The maximum Gasteiger partial charge on any atom is 0.256 e. The molecule has 3 amide bonds. The Balaban J connectivity index is 1.96. The van der Waals surface area contributed by atoms with E-state index in [1.165, 1.54) is 16.8 Å². The fraction of sp³-hybridized carbons (Fsp3) is 0.611. The molecule has 1 unspecified atom stereocenters. The lowest BCUT2D eigenvalue weighted by molar-refractivity contribution is -0.155. The number of likely N-dealkylation sites (tertiary alicyclic amines) is 1. The van der Waals surface area contributed by atoms with Crippen molar-refractivity contribution in [3.05, 3.63) is 20.9 Å². The lowest BCUT2D eigenvalue weighted by Gasteiger charge is -2.42. The lowest BCUT2D eigenvalue weighted by atomic mass is 9.88. The first kappa shape index (κ1) is 17.1. The summed E-state index contributed by atoms with van der Waals surface area (Å²) in [4.78, 5) is 42.7. The van der Waals surface area contributed by atoms with Crippen LogP contribution in [0.3, 0.4) is 0 Å². The van der Waals surface area contributed by atoms with Crippen molar-refractivity contribution in [1.82, 2.24) is 9.80 Å². The quantitative estimate of drug-likeness (QED) is 0.789. The summed E-state index contributed by atoms with van der Waals surface area (Å²) in [5, 5.41) is 0. The van der Waals surface area contributed by atoms with E-state index in [-0.39, 0.29) is 17.7 Å². The molecule has 5 nitrogen and oxygen atoms in total. The van der Waals surface area contributed by atoms with Crippen molar-refractivity contribution in [2.75, 3.05) is 7.05 Å². The second kappa shape index (κ2) is 5.69. The van der Waals surface area contributed by atoms with Gasteiger partial charge >= 0.3 is 0 Å². The van der Waals surface area contributed by atoms with Gasteiger partial charge in [0.05, 0.1) is 12.1 Å². The highest BCUT2D eigenvalue weighted by atomic mass is 32.1. The Hall–Kier alpha value is -1.69. The molecule has 1 fully saturated rings. The summed E-state index contributed by atoms with van der Waals surface area (Å²) >= 11 is 1.66. The van der Waals surface area contributed by atoms with Crippen molar-refractivity contribution in [2.45, 2.75) is 59.0 Å². The Bertz CT molecular complexity index is 737. The van der Waals surface area contributed by atoms with Gasteiger partial charge in [-0.3, -0.25) is 19.3 Å². The Morgan fingerprint density at radius 3 is 2.54 bits per heavy atom. The summed E-state index contributed by atoms with van der Waals surface area (Å²) in [6.45, 7) is 8.63. The van der Waals surface area contributed by atoms with Crippen LogP contribution in [-0.4, -0.2) is 40.1 Å². The zero-order valence-electron chi connectivity index (χ0n) is 14.9. The van der Waals surface area contributed by atoms with Gasteiger partial charge in [-0.05, 0) is 38.2 Å². The van der Waals surface area contributed by atoms with E-state index in [0.29, 0.717) is 25.3 Å². The van der Waals surface area contributed by atoms with Crippen LogP contribution in [0.25, 0.3) is 0 Å². The van der Waals surface area contributed by atoms with Crippen LogP contribution in [0.4, 0.5) is 0 Å². The number of likely N-dealkylation sites (N-methyl/N-ethyl adjacent to an activating group) is 1. The monoisotopic (exact) mass is 348 g/mol. The second-order valence-electron chi connectivity index (χ2n) is 7.46. The van der Waals surface area contributed by atoms with Gasteiger partial charge in [0.15, 0.2) is 0 Å². The molecule has 0 radical (unpaired) electrons. The molecule has 2 aliphatic heterocycles. The number of hydrogen-bond acceptors (Lipinski definition) is 4. The molecule has 0 aromatic carbocycles. The molecule has 1 aromatic heterocycles. The number of thiophene rings is 1. The molecular weight excluding hydrogens is 324 g/mol. The van der Waals surface area contributed by atoms with Gasteiger partial charge in [-0.1, -0.05) is 13.8 Å². The molecule has 3 heterocycles. The second-order valence-corrected chi connectivity index (χ2v) is 8.77. The predicted octanol–water partition coefficient (Wildman–Crippen LogP) is 2.75. The molecule has 1 atom stereocenters. The third kappa shape index (κ3) is 2.39. The van der Waals surface area contributed by atoms with Gasteiger partial charge in [0, 0.05) is 23.2 Å². The molecule has 130 valence electrons. The van der Waals surface area contributed by atoms with E-state index >= 15 is 0 Å². The fourth-order valence-corrected chi connectivity index (χ4v) is 4.94. The zero-order valence-corrected chi connectivity index (χ0v) is 15.7. The minimum Gasteiger partial charge on any atom is -0.319 e. The molecular formula is C18H24N2O3S. The first-order valence-corrected chi connectivity index (χ1v) is 9.22. The maximum absolute atomic E-state index is 13.1. The van der Waals surface area contributed by atoms with Gasteiger partial charge in [0.25, 0.3) is 11.8 Å². The molecule has 1 aromatic rings. The van der Waals surface area contributed by atoms with Crippen molar-refractivity contribution in [2.24, 2.45) is 5.92 Å². The van der Waals surface area contributed by atoms with Crippen molar-refractivity contribution >= 4 is 29.1 Å². The molecule has 1 saturated heterocycles. The summed E-state index contributed by atoms with van der Waals surface area (Å²) in [7, 11) is 1.51. The van der Waals surface area contributed by atoms with Gasteiger partial charge in [0.1, 0.15) is 5.54 Å². The molecule has 6 heteroatoms. The maximum atomic E-state index is 13.1. The van der Waals surface area contributed by atoms with Gasteiger partial charge in [-0.15, -0.1) is 11.3 Å². The molecule has 3 rings (SSSR count). The van der Waals surface area contributed by atoms with Crippen LogP contribution < -0.4 is 0 Å². The molecule has 0 spiro atoms. The first-order valence-electron chi connectivity index (χ1n) is 8.41. The van der Waals surface area contributed by atoms with Crippen LogP contribution in [0.1, 0.15) is 59.3 Å². The van der Waals surface area contributed by atoms with E-state index in [9.17, 15) is 14.4 Å². The predicted molar refractivity (Wildman–Crippen MR) is 92.9 cm³/mol. The van der Waals surface area contributed by atoms with E-state index in [2.05, 4.69) is 20.8 Å². The minimum atomic E-state index is -0.929. The largest absolute Gasteiger partial charge is 0.319 e. The number of aryl methyl sites for hydroxylation is 1.